The molecule has 3 N–H and O–H groups in total. The van der Waals surface area contributed by atoms with Crippen molar-refractivity contribution >= 4 is 33.2 Å². The number of fused-ring (bicyclic) bond motifs is 1. The number of hydrogen-bond acceptors (Lipinski definition) is 8. The number of hydrogen-bond donors (Lipinski definition) is 2. The number of amides is 2. The predicted molar refractivity (Wildman–Crippen MR) is 170 cm³/mol. The summed E-state index contributed by atoms with van der Waals surface area (Å²) < 4.78 is 63.7. The number of halogens is 2. The molecule has 244 valence electrons. The van der Waals surface area contributed by atoms with Gasteiger partial charge < -0.3 is 20.7 Å². The molecule has 15 heteroatoms. The highest BCUT2D eigenvalue weighted by molar-refractivity contribution is 7.89. The molecule has 0 fully saturated rings. The van der Waals surface area contributed by atoms with Gasteiger partial charge in [-0.1, -0.05) is 42.5 Å². The Morgan fingerprint density at radius 2 is 1.83 bits per heavy atom. The lowest BCUT2D eigenvalue weighted by atomic mass is 9.99. The number of anilines is 2. The number of nitriles is 1. The lowest BCUT2D eigenvalue weighted by Gasteiger charge is -2.38. The quantitative estimate of drug-likeness (QED) is 0.247. The Labute approximate surface area is 270 Å². The van der Waals surface area contributed by atoms with Crippen molar-refractivity contribution in [2.24, 2.45) is 5.73 Å². The zero-order valence-corrected chi connectivity index (χ0v) is 26.2. The maximum Gasteiger partial charge on any atom is 0.298 e. The first-order chi connectivity index (χ1) is 22.4. The lowest BCUT2D eigenvalue weighted by molar-refractivity contribution is 0.0428. The number of nitrogens with two attached hydrogens (primary N) is 1. The van der Waals surface area contributed by atoms with Gasteiger partial charge in [0.15, 0.2) is 0 Å². The molecule has 47 heavy (non-hydrogen) atoms. The first-order valence-electron chi connectivity index (χ1n) is 14.4. The largest absolute Gasteiger partial charge is 0.495 e. The van der Waals surface area contributed by atoms with E-state index < -0.39 is 33.8 Å². The van der Waals surface area contributed by atoms with Crippen molar-refractivity contribution in [3.8, 4) is 11.8 Å². The van der Waals surface area contributed by atoms with Gasteiger partial charge in [0.1, 0.15) is 17.5 Å². The van der Waals surface area contributed by atoms with E-state index in [1.807, 2.05) is 6.07 Å². The standard InChI is InChI=1S/C32H31F2N7O5S/c1-39(47(44,45)15-14-35)19-26-20-40-29(27(18-37-40)38-30(42)21-8-13-28(46-2)22(16-21)17-36)31(43)41(26)25-11-9-24(10-12-25)32(33,34)23-6-4-3-5-7-23/h3-13,16,18,26H,14-15,19-20,35H2,1-2H3,(H,38,42)/t26-/m0/s1. The smallest absolute Gasteiger partial charge is 0.298 e. The number of carbonyl (C=O) groups excluding carboxylic acids is 2. The molecule has 0 aliphatic carbocycles. The van der Waals surface area contributed by atoms with Gasteiger partial charge in [-0.15, -0.1) is 0 Å². The van der Waals surface area contributed by atoms with Crippen LogP contribution in [0.4, 0.5) is 20.2 Å². The fourth-order valence-electron chi connectivity index (χ4n) is 5.36. The van der Waals surface area contributed by atoms with E-state index in [0.717, 1.165) is 4.31 Å². The van der Waals surface area contributed by atoms with E-state index in [-0.39, 0.29) is 70.5 Å². The number of likely N-dealkylation sites (N-methyl/N-ethyl adjacent to an activating group) is 1. The van der Waals surface area contributed by atoms with Crippen molar-refractivity contribution in [3.05, 3.63) is 107 Å². The third-order valence-corrected chi connectivity index (χ3v) is 9.65. The molecule has 1 aliphatic rings. The highest BCUT2D eigenvalue weighted by Gasteiger charge is 2.39. The van der Waals surface area contributed by atoms with E-state index in [0.29, 0.717) is 0 Å². The zero-order valence-electron chi connectivity index (χ0n) is 25.4. The summed E-state index contributed by atoms with van der Waals surface area (Å²) in [4.78, 5) is 28.7. The van der Waals surface area contributed by atoms with Gasteiger partial charge in [-0.05, 0) is 30.3 Å². The number of rotatable bonds is 11. The molecule has 0 unspecified atom stereocenters. The van der Waals surface area contributed by atoms with Crippen LogP contribution in [0.2, 0.25) is 0 Å². The van der Waals surface area contributed by atoms with Crippen molar-refractivity contribution in [2.75, 3.05) is 43.2 Å². The number of aromatic nitrogens is 2. The summed E-state index contributed by atoms with van der Waals surface area (Å²) in [5.41, 5.74) is 5.55. The first kappa shape index (κ1) is 33.2. The van der Waals surface area contributed by atoms with Gasteiger partial charge in [-0.2, -0.15) is 19.1 Å². The molecule has 0 saturated heterocycles. The Hall–Kier alpha value is -5.17. The monoisotopic (exact) mass is 663 g/mol. The van der Waals surface area contributed by atoms with Crippen LogP contribution in [0.3, 0.4) is 0 Å². The van der Waals surface area contributed by atoms with E-state index in [4.69, 9.17) is 10.5 Å². The second-order valence-electron chi connectivity index (χ2n) is 10.8. The number of nitrogens with one attached hydrogen (secondary N) is 1. The van der Waals surface area contributed by atoms with E-state index >= 15 is 8.78 Å². The molecule has 0 spiro atoms. The molecule has 1 aliphatic heterocycles. The number of benzene rings is 3. The summed E-state index contributed by atoms with van der Waals surface area (Å²) in [6, 6.07) is 17.9. The van der Waals surface area contributed by atoms with Crippen LogP contribution in [0.25, 0.3) is 0 Å². The average Bonchev–Trinajstić information content (AvgIpc) is 3.47. The highest BCUT2D eigenvalue weighted by atomic mass is 32.2. The molecular formula is C32H31F2N7O5S. The SMILES string of the molecule is COc1ccc(C(=O)Nc2cnn3c2C(=O)N(c2ccc(C(F)(F)c4ccccc4)cc2)[C@@H](CN(C)S(=O)(=O)CCN)C3)cc1C#N. The van der Waals surface area contributed by atoms with Crippen molar-refractivity contribution in [3.63, 3.8) is 0 Å². The molecule has 0 radical (unpaired) electrons. The van der Waals surface area contributed by atoms with Gasteiger partial charge in [0.05, 0.1) is 42.9 Å². The van der Waals surface area contributed by atoms with E-state index in [1.54, 1.807) is 6.07 Å². The van der Waals surface area contributed by atoms with Crippen LogP contribution >= 0.6 is 0 Å². The number of carbonyl (C=O) groups is 2. The Morgan fingerprint density at radius 3 is 2.47 bits per heavy atom. The van der Waals surface area contributed by atoms with Crippen LogP contribution in [-0.4, -0.2) is 73.4 Å². The van der Waals surface area contributed by atoms with Gasteiger partial charge in [0.25, 0.3) is 17.7 Å². The fraction of sp³-hybridized carbons (Fsp3) is 0.250. The van der Waals surface area contributed by atoms with E-state index in [1.165, 1.54) is 96.7 Å². The number of alkyl halides is 2. The van der Waals surface area contributed by atoms with Gasteiger partial charge in [-0.3, -0.25) is 14.3 Å². The minimum atomic E-state index is -3.77. The van der Waals surface area contributed by atoms with Crippen LogP contribution in [0.5, 0.6) is 5.75 Å². The second kappa shape index (κ2) is 13.3. The third kappa shape index (κ3) is 6.57. The summed E-state index contributed by atoms with van der Waals surface area (Å²) in [6.45, 7) is -0.240. The number of nitrogens with zero attached hydrogens (tertiary/aromatic N) is 5. The van der Waals surface area contributed by atoms with Gasteiger partial charge >= 0.3 is 0 Å². The molecule has 3 aromatic carbocycles. The maximum absolute atomic E-state index is 15.3. The Balaban J connectivity index is 1.50. The first-order valence-corrected chi connectivity index (χ1v) is 16.0. The maximum atomic E-state index is 15.3. The second-order valence-corrected chi connectivity index (χ2v) is 13.0. The van der Waals surface area contributed by atoms with Crippen LogP contribution < -0.4 is 20.7 Å². The van der Waals surface area contributed by atoms with Gasteiger partial charge in [0.2, 0.25) is 10.0 Å². The third-order valence-electron chi connectivity index (χ3n) is 7.80. The summed E-state index contributed by atoms with van der Waals surface area (Å²) in [5.74, 6) is -4.61. The fourth-order valence-corrected chi connectivity index (χ4v) is 6.37. The molecule has 2 heterocycles. The van der Waals surface area contributed by atoms with Gasteiger partial charge in [0, 0.05) is 42.5 Å². The molecule has 12 nitrogen and oxygen atoms in total. The number of methoxy groups -OCH3 is 1. The molecule has 4 aromatic rings. The van der Waals surface area contributed by atoms with Crippen LogP contribution in [-0.2, 0) is 22.5 Å². The zero-order chi connectivity index (χ0) is 33.9. The molecule has 0 bridgehead atoms. The Bertz CT molecular complexity index is 1940. The lowest BCUT2D eigenvalue weighted by Crippen LogP contribution is -2.54. The van der Waals surface area contributed by atoms with Crippen molar-refractivity contribution < 1.29 is 31.5 Å². The van der Waals surface area contributed by atoms with E-state index in [9.17, 15) is 23.3 Å². The van der Waals surface area contributed by atoms with Crippen molar-refractivity contribution in [1.29, 1.82) is 5.26 Å². The Kier molecular flexibility index (Phi) is 9.38. The number of ether oxygens (including phenoxy) is 1. The molecule has 5 rings (SSSR count). The summed E-state index contributed by atoms with van der Waals surface area (Å²) >= 11 is 0. The summed E-state index contributed by atoms with van der Waals surface area (Å²) in [7, 11) is -1.00. The van der Waals surface area contributed by atoms with Crippen molar-refractivity contribution in [1.82, 2.24) is 14.1 Å². The van der Waals surface area contributed by atoms with E-state index in [2.05, 4.69) is 10.4 Å². The normalized spacial score (nSPS) is 14.9. The minimum absolute atomic E-state index is 0.00483. The van der Waals surface area contributed by atoms with Crippen LogP contribution in [0.15, 0.2) is 79.0 Å². The molecule has 1 atom stereocenters. The molecule has 2 amide bonds. The average molecular weight is 664 g/mol. The predicted octanol–water partition coefficient (Wildman–Crippen LogP) is 3.41. The number of sulfonamides is 1. The van der Waals surface area contributed by atoms with Crippen LogP contribution in [0, 0.1) is 11.3 Å². The minimum Gasteiger partial charge on any atom is -0.495 e. The highest BCUT2D eigenvalue weighted by Crippen LogP contribution is 2.37. The van der Waals surface area contributed by atoms with Gasteiger partial charge in [-0.25, -0.2) is 12.7 Å². The topological polar surface area (TPSA) is 164 Å². The van der Waals surface area contributed by atoms with Crippen LogP contribution in [0.1, 0.15) is 37.5 Å². The Morgan fingerprint density at radius 1 is 1.15 bits per heavy atom. The molecular weight excluding hydrogens is 632 g/mol. The summed E-state index contributed by atoms with van der Waals surface area (Å²) in [6.07, 6.45) is 1.29. The molecule has 1 aromatic heterocycles. The summed E-state index contributed by atoms with van der Waals surface area (Å²) in [5, 5.41) is 16.4. The van der Waals surface area contributed by atoms with Crippen molar-refractivity contribution in [2.45, 2.75) is 18.5 Å². The molecule has 0 saturated carbocycles.